The van der Waals surface area contributed by atoms with Crippen LogP contribution >= 0.6 is 0 Å². The van der Waals surface area contributed by atoms with Gasteiger partial charge in [-0.15, -0.1) is 0 Å². The van der Waals surface area contributed by atoms with Crippen LogP contribution in [0, 0.1) is 11.8 Å². The van der Waals surface area contributed by atoms with Crippen LogP contribution in [0.15, 0.2) is 60.7 Å². The summed E-state index contributed by atoms with van der Waals surface area (Å²) in [6.07, 6.45) is 4.42. The summed E-state index contributed by atoms with van der Waals surface area (Å²) in [6.45, 7) is 18.2. The van der Waals surface area contributed by atoms with Crippen molar-refractivity contribution in [3.05, 3.63) is 71.8 Å². The fraction of sp³-hybridized carbons (Fsp3) is 0.619. The van der Waals surface area contributed by atoms with Crippen LogP contribution in [0.4, 0.5) is 4.79 Å². The summed E-state index contributed by atoms with van der Waals surface area (Å²) in [5.41, 5.74) is 1.80. The Hall–Kier alpha value is -3.70. The lowest BCUT2D eigenvalue weighted by molar-refractivity contribution is -0.144. The highest BCUT2D eigenvalue weighted by Crippen LogP contribution is 2.38. The van der Waals surface area contributed by atoms with Gasteiger partial charge >= 0.3 is 12.1 Å². The number of hydrogen-bond donors (Lipinski definition) is 3. The number of rotatable bonds is 22. The van der Waals surface area contributed by atoms with Gasteiger partial charge in [-0.05, 0) is 48.0 Å². The smallest absolute Gasteiger partial charge is 0.407 e. The first kappa shape index (κ1) is 45.5. The molecule has 3 amide bonds. The molecule has 0 aliphatic carbocycles. The fourth-order valence-electron chi connectivity index (χ4n) is 6.05. The molecule has 10 nitrogen and oxygen atoms in total. The molecule has 0 heterocycles. The van der Waals surface area contributed by atoms with Crippen molar-refractivity contribution in [2.24, 2.45) is 11.8 Å². The third kappa shape index (κ3) is 15.3. The standard InChI is InChI=1S/C42H67N3O7Si/c1-11-12-13-14-21-26-34(43-41(50)51-29-33-24-19-16-20-25-33)31(4)39(48)44-38(30(2)3)40(49)45(8)35(27-32-22-17-15-18-23-32)36(28-37(46)47)52-53(9,10)42(5,6)7/h15-20,22-25,30-31,34-36,38H,11-14,21,26-29H2,1-10H3,(H,43,50)(H,44,48)(H,46,47)/t31-,34+,35-,36+,38-/m0/s1. The summed E-state index contributed by atoms with van der Waals surface area (Å²) in [7, 11) is -0.797. The van der Waals surface area contributed by atoms with Crippen molar-refractivity contribution < 1.29 is 33.4 Å². The summed E-state index contributed by atoms with van der Waals surface area (Å²) >= 11 is 0. The zero-order valence-electron chi connectivity index (χ0n) is 33.9. The second-order valence-electron chi connectivity index (χ2n) is 16.3. The molecule has 0 radical (unpaired) electrons. The zero-order valence-corrected chi connectivity index (χ0v) is 34.9. The third-order valence-corrected chi connectivity index (χ3v) is 15.1. The van der Waals surface area contributed by atoms with Crippen molar-refractivity contribution in [2.75, 3.05) is 7.05 Å². The fourth-order valence-corrected chi connectivity index (χ4v) is 7.40. The van der Waals surface area contributed by atoms with E-state index in [1.807, 2.05) is 74.5 Å². The molecule has 2 aromatic carbocycles. The maximum absolute atomic E-state index is 14.5. The molecule has 0 saturated carbocycles. The summed E-state index contributed by atoms with van der Waals surface area (Å²) in [4.78, 5) is 55.3. The number of carboxylic acid groups (broad SMARTS) is 1. The first-order chi connectivity index (χ1) is 24.9. The minimum Gasteiger partial charge on any atom is -0.481 e. The molecule has 296 valence electrons. The number of amides is 3. The summed E-state index contributed by atoms with van der Waals surface area (Å²) in [6, 6.07) is 17.0. The number of aliphatic carboxylic acids is 1. The molecule has 0 spiro atoms. The van der Waals surface area contributed by atoms with Crippen molar-refractivity contribution in [2.45, 2.75) is 149 Å². The van der Waals surface area contributed by atoms with Gasteiger partial charge in [0.25, 0.3) is 0 Å². The minimum absolute atomic E-state index is 0.110. The van der Waals surface area contributed by atoms with E-state index in [2.05, 4.69) is 51.4 Å². The molecule has 53 heavy (non-hydrogen) atoms. The number of alkyl carbamates (subject to hydrolysis) is 1. The second kappa shape index (κ2) is 21.9. The van der Waals surface area contributed by atoms with Crippen LogP contribution in [-0.2, 0) is 36.6 Å². The van der Waals surface area contributed by atoms with Gasteiger partial charge in [-0.2, -0.15) is 0 Å². The number of hydrogen-bond acceptors (Lipinski definition) is 6. The molecule has 0 fully saturated rings. The van der Waals surface area contributed by atoms with Gasteiger partial charge in [-0.3, -0.25) is 14.4 Å². The van der Waals surface area contributed by atoms with E-state index >= 15 is 0 Å². The highest BCUT2D eigenvalue weighted by molar-refractivity contribution is 6.74. The second-order valence-corrected chi connectivity index (χ2v) is 21.0. The van der Waals surface area contributed by atoms with E-state index in [4.69, 9.17) is 9.16 Å². The number of nitrogens with one attached hydrogen (secondary N) is 2. The molecule has 0 aliphatic rings. The first-order valence-corrected chi connectivity index (χ1v) is 22.3. The van der Waals surface area contributed by atoms with Crippen LogP contribution in [0.1, 0.15) is 105 Å². The Labute approximate surface area is 319 Å². The molecule has 0 saturated heterocycles. The molecule has 11 heteroatoms. The quantitative estimate of drug-likeness (QED) is 0.0813. The maximum Gasteiger partial charge on any atom is 0.407 e. The van der Waals surface area contributed by atoms with Gasteiger partial charge in [-0.1, -0.05) is 141 Å². The van der Waals surface area contributed by atoms with E-state index in [1.54, 1.807) is 18.9 Å². The number of nitrogens with zero attached hydrogens (tertiary/aromatic N) is 1. The number of carboxylic acids is 1. The molecule has 0 bridgehead atoms. The van der Waals surface area contributed by atoms with E-state index in [-0.39, 0.29) is 35.8 Å². The van der Waals surface area contributed by atoms with Crippen LogP contribution in [0.3, 0.4) is 0 Å². The third-order valence-electron chi connectivity index (χ3n) is 10.6. The van der Waals surface area contributed by atoms with Gasteiger partial charge < -0.3 is 29.8 Å². The van der Waals surface area contributed by atoms with Gasteiger partial charge in [0.05, 0.1) is 24.5 Å². The number of likely N-dealkylation sites (N-methyl/N-ethyl adjacent to an activating group) is 1. The molecule has 0 aromatic heterocycles. The maximum atomic E-state index is 14.5. The minimum atomic E-state index is -2.47. The predicted molar refractivity (Wildman–Crippen MR) is 214 cm³/mol. The molecule has 3 N–H and O–H groups in total. The van der Waals surface area contributed by atoms with Crippen molar-refractivity contribution in [1.29, 1.82) is 0 Å². The Morgan fingerprint density at radius 2 is 1.42 bits per heavy atom. The van der Waals surface area contributed by atoms with Crippen LogP contribution in [0.25, 0.3) is 0 Å². The predicted octanol–water partition coefficient (Wildman–Crippen LogP) is 8.35. The molecule has 0 unspecified atom stereocenters. The SMILES string of the molecule is CCCCCCC[C@@H](NC(=O)OCc1ccccc1)[C@H](C)C(=O)N[C@H](C(=O)N(C)[C@@H](Cc1ccccc1)[C@@H](CC(=O)O)O[Si](C)(C)C(C)(C)C)C(C)C. The molecule has 2 aromatic rings. The topological polar surface area (TPSA) is 134 Å². The number of benzene rings is 2. The van der Waals surface area contributed by atoms with E-state index in [0.717, 1.165) is 43.2 Å². The lowest BCUT2D eigenvalue weighted by Gasteiger charge is -2.44. The van der Waals surface area contributed by atoms with Crippen LogP contribution in [0.2, 0.25) is 18.1 Å². The molecule has 0 aliphatic heterocycles. The van der Waals surface area contributed by atoms with Crippen LogP contribution < -0.4 is 10.6 Å². The van der Waals surface area contributed by atoms with Crippen LogP contribution in [-0.4, -0.2) is 73.5 Å². The summed E-state index contributed by atoms with van der Waals surface area (Å²) in [5.74, 6) is -2.64. The van der Waals surface area contributed by atoms with Crippen molar-refractivity contribution in [1.82, 2.24) is 15.5 Å². The normalized spacial score (nSPS) is 14.8. The molecular formula is C42H67N3O7Si. The lowest BCUT2D eigenvalue weighted by atomic mass is 9.93. The van der Waals surface area contributed by atoms with E-state index in [9.17, 15) is 24.3 Å². The summed E-state index contributed by atoms with van der Waals surface area (Å²) < 4.78 is 12.3. The molecule has 2 rings (SSSR count). The van der Waals surface area contributed by atoms with Gasteiger partial charge in [-0.25, -0.2) is 4.79 Å². The number of ether oxygens (including phenoxy) is 1. The van der Waals surface area contributed by atoms with Crippen LogP contribution in [0.5, 0.6) is 0 Å². The van der Waals surface area contributed by atoms with Crippen molar-refractivity contribution in [3.8, 4) is 0 Å². The van der Waals surface area contributed by atoms with Gasteiger partial charge in [0, 0.05) is 13.1 Å². The van der Waals surface area contributed by atoms with Gasteiger partial charge in [0.15, 0.2) is 8.32 Å². The first-order valence-electron chi connectivity index (χ1n) is 19.4. The number of carbonyl (C=O) groups is 4. The van der Waals surface area contributed by atoms with Crippen molar-refractivity contribution >= 4 is 32.2 Å². The number of unbranched alkanes of at least 4 members (excludes halogenated alkanes) is 4. The highest BCUT2D eigenvalue weighted by Gasteiger charge is 2.44. The Morgan fingerprint density at radius 3 is 1.94 bits per heavy atom. The van der Waals surface area contributed by atoms with Gasteiger partial charge in [0.1, 0.15) is 12.6 Å². The van der Waals surface area contributed by atoms with Crippen molar-refractivity contribution in [3.63, 3.8) is 0 Å². The molecular weight excluding hydrogens is 687 g/mol. The zero-order chi connectivity index (χ0) is 39.8. The largest absolute Gasteiger partial charge is 0.481 e. The monoisotopic (exact) mass is 753 g/mol. The number of carbonyl (C=O) groups excluding carboxylic acids is 3. The van der Waals surface area contributed by atoms with E-state index in [0.29, 0.717) is 12.8 Å². The highest BCUT2D eigenvalue weighted by atomic mass is 28.4. The lowest BCUT2D eigenvalue weighted by Crippen LogP contribution is -2.59. The van der Waals surface area contributed by atoms with E-state index < -0.39 is 50.5 Å². The Bertz CT molecular complexity index is 1410. The van der Waals surface area contributed by atoms with Gasteiger partial charge in [0.2, 0.25) is 11.8 Å². The Morgan fingerprint density at radius 1 is 0.849 bits per heavy atom. The summed E-state index contributed by atoms with van der Waals surface area (Å²) in [5, 5.41) is 15.8. The average Bonchev–Trinajstić information content (AvgIpc) is 3.10. The molecule has 5 atom stereocenters. The Balaban J connectivity index is 2.35. The van der Waals surface area contributed by atoms with E-state index in [1.165, 1.54) is 0 Å². The average molecular weight is 754 g/mol. The Kier molecular flexibility index (Phi) is 18.8.